The Morgan fingerprint density at radius 3 is 1.66 bits per heavy atom. The first-order valence-corrected chi connectivity index (χ1v) is 17.2. The minimum atomic E-state index is 0.990. The number of rotatable bonds is 1. The first kappa shape index (κ1) is 26.3. The van der Waals surface area contributed by atoms with Crippen molar-refractivity contribution in [2.24, 2.45) is 0 Å². The van der Waals surface area contributed by atoms with E-state index in [1.165, 1.54) is 81.2 Å². The molecule has 9 aromatic carbocycles. The second-order valence-electron chi connectivity index (χ2n) is 13.5. The maximum Gasteiger partial charge on any atom is 0.146 e. The van der Waals surface area contributed by atoms with Crippen LogP contribution < -0.4 is 0 Å². The van der Waals surface area contributed by atoms with Gasteiger partial charge in [0, 0.05) is 27.2 Å². The Balaban J connectivity index is 1.27. The van der Waals surface area contributed by atoms with E-state index in [0.29, 0.717) is 0 Å². The Hall–Kier alpha value is -6.71. The molecule has 3 heteroatoms. The van der Waals surface area contributed by atoms with Crippen molar-refractivity contribution in [2.45, 2.75) is 0 Å². The van der Waals surface area contributed by atoms with Gasteiger partial charge in [-0.2, -0.15) is 0 Å². The molecular weight excluding hydrogens is 607 g/mol. The summed E-state index contributed by atoms with van der Waals surface area (Å²) in [7, 11) is 0. The van der Waals surface area contributed by atoms with Gasteiger partial charge >= 0.3 is 0 Å². The predicted octanol–water partition coefficient (Wildman–Crippen LogP) is 12.5. The maximum absolute atomic E-state index is 5.24. The lowest BCUT2D eigenvalue weighted by atomic mass is 9.93. The molecule has 0 amide bonds. The highest BCUT2D eigenvalue weighted by Crippen LogP contribution is 2.43. The zero-order chi connectivity index (χ0) is 32.5. The van der Waals surface area contributed by atoms with Crippen molar-refractivity contribution in [3.8, 4) is 5.69 Å². The number of hydrogen-bond donors (Lipinski definition) is 0. The van der Waals surface area contributed by atoms with Crippen LogP contribution >= 0.6 is 0 Å². The van der Waals surface area contributed by atoms with E-state index in [9.17, 15) is 0 Å². The predicted molar refractivity (Wildman–Crippen MR) is 212 cm³/mol. The Labute approximate surface area is 285 Å². The van der Waals surface area contributed by atoms with E-state index in [2.05, 4.69) is 173 Å². The second kappa shape index (κ2) is 9.46. The summed E-state index contributed by atoms with van der Waals surface area (Å²) in [5.41, 5.74) is 7.77. The van der Waals surface area contributed by atoms with E-state index in [4.69, 9.17) is 4.98 Å². The highest BCUT2D eigenvalue weighted by atomic mass is 15.0. The van der Waals surface area contributed by atoms with Crippen molar-refractivity contribution in [3.05, 3.63) is 164 Å². The molecule has 230 valence electrons. The number of pyridine rings is 1. The molecule has 0 bridgehead atoms. The Morgan fingerprint density at radius 2 is 0.920 bits per heavy atom. The zero-order valence-electron chi connectivity index (χ0n) is 26.9. The fourth-order valence-electron chi connectivity index (χ4n) is 8.90. The van der Waals surface area contributed by atoms with Gasteiger partial charge in [-0.3, -0.25) is 4.40 Å². The standard InChI is InChI=1S/C47H27N3/c1-2-12-30-28(11-1)21-24-43-46(30)40-26-38-33-15-5-3-13-31(33)32-14-4-6-16-34(32)39(38)27-44(40)49(43)29-22-23-41-45(25-29)50-42-20-10-9-18-36(42)35-17-7-8-19-37(35)47(50)48-41/h1-27H. The van der Waals surface area contributed by atoms with Crippen LogP contribution in [0.25, 0.3) is 109 Å². The summed E-state index contributed by atoms with van der Waals surface area (Å²) >= 11 is 0. The van der Waals surface area contributed by atoms with Gasteiger partial charge in [0.15, 0.2) is 0 Å². The van der Waals surface area contributed by atoms with Gasteiger partial charge in [0.05, 0.1) is 27.6 Å². The van der Waals surface area contributed by atoms with Gasteiger partial charge in [0.25, 0.3) is 0 Å². The Kier molecular flexibility index (Phi) is 4.97. The molecule has 0 saturated heterocycles. The van der Waals surface area contributed by atoms with E-state index in [-0.39, 0.29) is 0 Å². The van der Waals surface area contributed by atoms with Crippen LogP contribution in [0.2, 0.25) is 0 Å². The number of imidazole rings is 1. The number of nitrogens with zero attached hydrogens (tertiary/aromatic N) is 3. The number of hydrogen-bond acceptors (Lipinski definition) is 1. The van der Waals surface area contributed by atoms with Crippen LogP contribution in [-0.2, 0) is 0 Å². The third-order valence-corrected chi connectivity index (χ3v) is 11.0. The summed E-state index contributed by atoms with van der Waals surface area (Å²) in [6.45, 7) is 0. The SMILES string of the molecule is c1ccc2c(c1)ccc1c2c2cc3c4ccccc4c4ccccc4c3cc2n1-c1ccc2nc3c4ccccc4c4ccccc4n3c2c1. The van der Waals surface area contributed by atoms with E-state index in [1.807, 2.05) is 0 Å². The lowest BCUT2D eigenvalue weighted by molar-refractivity contribution is 1.18. The van der Waals surface area contributed by atoms with E-state index < -0.39 is 0 Å². The van der Waals surface area contributed by atoms with E-state index in [1.54, 1.807) is 0 Å². The molecule has 0 aliphatic heterocycles. The van der Waals surface area contributed by atoms with Crippen LogP contribution in [0.15, 0.2) is 164 Å². The van der Waals surface area contributed by atoms with Gasteiger partial charge in [-0.05, 0) is 90.9 Å². The van der Waals surface area contributed by atoms with Crippen molar-refractivity contribution in [3.63, 3.8) is 0 Å². The Morgan fingerprint density at radius 1 is 0.340 bits per heavy atom. The number of benzene rings is 9. The quantitative estimate of drug-likeness (QED) is 0.165. The van der Waals surface area contributed by atoms with E-state index in [0.717, 1.165) is 27.8 Å². The molecule has 12 aromatic rings. The third kappa shape index (κ3) is 3.31. The molecule has 0 atom stereocenters. The molecule has 3 nitrogen and oxygen atoms in total. The summed E-state index contributed by atoms with van der Waals surface area (Å²) in [5, 5.41) is 16.4. The molecule has 0 fully saturated rings. The fraction of sp³-hybridized carbons (Fsp3) is 0. The van der Waals surface area contributed by atoms with Crippen LogP contribution in [0.1, 0.15) is 0 Å². The minimum absolute atomic E-state index is 0.990. The van der Waals surface area contributed by atoms with Gasteiger partial charge in [-0.1, -0.05) is 121 Å². The average molecular weight is 634 g/mol. The van der Waals surface area contributed by atoms with Gasteiger partial charge in [0.2, 0.25) is 0 Å². The molecule has 3 aromatic heterocycles. The third-order valence-electron chi connectivity index (χ3n) is 11.0. The van der Waals surface area contributed by atoms with Crippen LogP contribution in [0.4, 0.5) is 0 Å². The average Bonchev–Trinajstić information content (AvgIpc) is 3.73. The lowest BCUT2D eigenvalue weighted by Crippen LogP contribution is -1.95. The number of fused-ring (bicyclic) bond motifs is 19. The first-order valence-electron chi connectivity index (χ1n) is 17.2. The van der Waals surface area contributed by atoms with Gasteiger partial charge in [0.1, 0.15) is 5.65 Å². The zero-order valence-corrected chi connectivity index (χ0v) is 26.9. The van der Waals surface area contributed by atoms with Crippen molar-refractivity contribution in [1.82, 2.24) is 14.0 Å². The molecule has 0 spiro atoms. The summed E-state index contributed by atoms with van der Waals surface area (Å²) < 4.78 is 4.83. The molecule has 0 aliphatic carbocycles. The molecule has 0 unspecified atom stereocenters. The maximum atomic E-state index is 5.24. The largest absolute Gasteiger partial charge is 0.309 e. The van der Waals surface area contributed by atoms with Crippen molar-refractivity contribution in [1.29, 1.82) is 0 Å². The normalized spacial score (nSPS) is 12.4. The van der Waals surface area contributed by atoms with Crippen LogP contribution in [0.5, 0.6) is 0 Å². The summed E-state index contributed by atoms with van der Waals surface area (Å²) in [5.74, 6) is 0. The molecule has 0 N–H and O–H groups in total. The molecule has 0 saturated carbocycles. The van der Waals surface area contributed by atoms with Crippen LogP contribution in [0.3, 0.4) is 0 Å². The Bertz CT molecular complexity index is 3440. The van der Waals surface area contributed by atoms with Crippen molar-refractivity contribution < 1.29 is 0 Å². The summed E-state index contributed by atoms with van der Waals surface area (Å²) in [4.78, 5) is 5.24. The molecule has 0 aliphatic rings. The van der Waals surface area contributed by atoms with Gasteiger partial charge in [-0.15, -0.1) is 0 Å². The minimum Gasteiger partial charge on any atom is -0.309 e. The first-order chi connectivity index (χ1) is 24.8. The summed E-state index contributed by atoms with van der Waals surface area (Å²) in [6, 6.07) is 60.1. The molecule has 12 rings (SSSR count). The van der Waals surface area contributed by atoms with E-state index >= 15 is 0 Å². The van der Waals surface area contributed by atoms with Gasteiger partial charge in [-0.25, -0.2) is 4.98 Å². The highest BCUT2D eigenvalue weighted by Gasteiger charge is 2.20. The smallest absolute Gasteiger partial charge is 0.146 e. The van der Waals surface area contributed by atoms with Crippen LogP contribution in [-0.4, -0.2) is 14.0 Å². The summed E-state index contributed by atoms with van der Waals surface area (Å²) in [6.07, 6.45) is 0. The second-order valence-corrected chi connectivity index (χ2v) is 13.5. The topological polar surface area (TPSA) is 22.2 Å². The van der Waals surface area contributed by atoms with Gasteiger partial charge < -0.3 is 4.57 Å². The molecule has 0 radical (unpaired) electrons. The fourth-order valence-corrected chi connectivity index (χ4v) is 8.90. The van der Waals surface area contributed by atoms with Crippen molar-refractivity contribution >= 4 is 103 Å². The highest BCUT2D eigenvalue weighted by molar-refractivity contribution is 6.30. The lowest BCUT2D eigenvalue weighted by Gasteiger charge is -2.13. The molecule has 3 heterocycles. The molecular formula is C47H27N3. The van der Waals surface area contributed by atoms with Crippen LogP contribution in [0, 0.1) is 0 Å². The van der Waals surface area contributed by atoms with Crippen molar-refractivity contribution in [2.75, 3.05) is 0 Å². The molecule has 50 heavy (non-hydrogen) atoms. The number of para-hydroxylation sites is 1. The monoisotopic (exact) mass is 633 g/mol. The number of aromatic nitrogens is 3.